The van der Waals surface area contributed by atoms with Crippen LogP contribution in [0, 0.1) is 0 Å². The van der Waals surface area contributed by atoms with Gasteiger partial charge in [0.1, 0.15) is 0 Å². The van der Waals surface area contributed by atoms with E-state index in [1.54, 1.807) is 23.1 Å². The molecule has 0 bridgehead atoms. The van der Waals surface area contributed by atoms with Crippen LogP contribution >= 0.6 is 35.0 Å². The average Bonchev–Trinajstić information content (AvgIpc) is 2.97. The fourth-order valence-corrected chi connectivity index (χ4v) is 7.53. The number of para-hydroxylation sites is 1. The Morgan fingerprint density at radius 1 is 1.32 bits per heavy atom. The molecular formula is C16H18Cl2N2O3S2. The molecule has 0 radical (unpaired) electrons. The zero-order valence-corrected chi connectivity index (χ0v) is 16.8. The molecule has 0 aromatic heterocycles. The Morgan fingerprint density at radius 2 is 2.00 bits per heavy atom. The Kier molecular flexibility index (Phi) is 5.68. The number of sulfone groups is 1. The molecule has 5 nitrogen and oxygen atoms in total. The number of aliphatic imine (C=N–C) groups is 1. The van der Waals surface area contributed by atoms with Gasteiger partial charge in [0.2, 0.25) is 5.91 Å². The van der Waals surface area contributed by atoms with E-state index in [0.717, 1.165) is 12.8 Å². The number of halogens is 2. The van der Waals surface area contributed by atoms with Crippen molar-refractivity contribution in [2.24, 2.45) is 4.99 Å². The Bertz CT molecular complexity index is 806. The molecule has 0 spiro atoms. The lowest BCUT2D eigenvalue weighted by Crippen LogP contribution is -2.38. The third-order valence-electron chi connectivity index (χ3n) is 4.21. The van der Waals surface area contributed by atoms with Gasteiger partial charge in [-0.15, -0.1) is 0 Å². The van der Waals surface area contributed by atoms with Gasteiger partial charge in [0, 0.05) is 11.7 Å². The molecule has 3 rings (SSSR count). The van der Waals surface area contributed by atoms with Gasteiger partial charge in [0.15, 0.2) is 15.0 Å². The van der Waals surface area contributed by atoms with Crippen LogP contribution in [0.5, 0.6) is 0 Å². The van der Waals surface area contributed by atoms with Gasteiger partial charge in [-0.05, 0) is 18.6 Å². The minimum atomic E-state index is -3.13. The standard InChI is InChI=1S/C16H18Cl2N2O3S2/c1-2-3-7-14(21)19-16-20(15-10(17)5-4-6-11(15)18)12-8-25(22,23)9-13(12)24-16/h4-6,12-13H,2-3,7-9H2,1H3. The number of unbranched alkanes of at least 4 members (excludes halogenated alkanes) is 1. The van der Waals surface area contributed by atoms with E-state index in [9.17, 15) is 13.2 Å². The second-order valence-electron chi connectivity index (χ2n) is 6.13. The van der Waals surface area contributed by atoms with Gasteiger partial charge in [-0.25, -0.2) is 8.42 Å². The molecule has 2 unspecified atom stereocenters. The lowest BCUT2D eigenvalue weighted by Gasteiger charge is -2.26. The normalized spacial score (nSPS) is 26.2. The molecule has 0 saturated carbocycles. The second-order valence-corrected chi connectivity index (χ2v) is 10.3. The highest BCUT2D eigenvalue weighted by atomic mass is 35.5. The van der Waals surface area contributed by atoms with E-state index >= 15 is 0 Å². The molecule has 2 heterocycles. The number of anilines is 1. The number of amidine groups is 1. The monoisotopic (exact) mass is 420 g/mol. The van der Waals surface area contributed by atoms with Crippen molar-refractivity contribution in [2.45, 2.75) is 37.5 Å². The topological polar surface area (TPSA) is 66.8 Å². The van der Waals surface area contributed by atoms with Crippen LogP contribution in [0.15, 0.2) is 23.2 Å². The Hall–Kier alpha value is -0.760. The number of fused-ring (bicyclic) bond motifs is 1. The molecule has 1 aromatic carbocycles. The first-order valence-electron chi connectivity index (χ1n) is 8.04. The second kappa shape index (κ2) is 7.47. The molecule has 2 aliphatic heterocycles. The molecule has 1 aromatic rings. The van der Waals surface area contributed by atoms with Gasteiger partial charge >= 0.3 is 0 Å². The van der Waals surface area contributed by atoms with Crippen LogP contribution in [-0.4, -0.2) is 42.3 Å². The highest BCUT2D eigenvalue weighted by Gasteiger charge is 2.50. The third kappa shape index (κ3) is 3.99. The molecular weight excluding hydrogens is 403 g/mol. The van der Waals surface area contributed by atoms with Gasteiger partial charge in [-0.3, -0.25) is 4.79 Å². The molecule has 2 aliphatic rings. The summed E-state index contributed by atoms with van der Waals surface area (Å²) in [4.78, 5) is 18.1. The third-order valence-corrected chi connectivity index (χ3v) is 8.03. The molecule has 25 heavy (non-hydrogen) atoms. The minimum Gasteiger partial charge on any atom is -0.313 e. The fourth-order valence-electron chi connectivity index (χ4n) is 3.04. The van der Waals surface area contributed by atoms with Crippen LogP contribution in [0.25, 0.3) is 0 Å². The van der Waals surface area contributed by atoms with E-state index in [1.807, 2.05) is 6.92 Å². The number of nitrogens with zero attached hydrogens (tertiary/aromatic N) is 2. The van der Waals surface area contributed by atoms with Crippen molar-refractivity contribution in [3.63, 3.8) is 0 Å². The van der Waals surface area contributed by atoms with E-state index in [-0.39, 0.29) is 28.7 Å². The Balaban J connectivity index is 2.01. The lowest BCUT2D eigenvalue weighted by molar-refractivity contribution is -0.117. The summed E-state index contributed by atoms with van der Waals surface area (Å²) in [6.07, 6.45) is 2.06. The number of benzene rings is 1. The Morgan fingerprint density at radius 3 is 2.64 bits per heavy atom. The van der Waals surface area contributed by atoms with Crippen molar-refractivity contribution in [2.75, 3.05) is 16.4 Å². The number of rotatable bonds is 4. The van der Waals surface area contributed by atoms with E-state index in [1.165, 1.54) is 11.8 Å². The van der Waals surface area contributed by atoms with Crippen LogP contribution in [0.4, 0.5) is 5.69 Å². The smallest absolute Gasteiger partial charge is 0.248 e. The Labute approximate surface area is 161 Å². The predicted molar refractivity (Wildman–Crippen MR) is 105 cm³/mol. The number of amides is 1. The van der Waals surface area contributed by atoms with Gasteiger partial charge in [-0.2, -0.15) is 4.99 Å². The first-order valence-corrected chi connectivity index (χ1v) is 11.5. The number of carbonyl (C=O) groups is 1. The zero-order chi connectivity index (χ0) is 18.2. The number of hydrogen-bond acceptors (Lipinski definition) is 4. The van der Waals surface area contributed by atoms with Gasteiger partial charge in [0.25, 0.3) is 0 Å². The van der Waals surface area contributed by atoms with Crippen molar-refractivity contribution in [3.05, 3.63) is 28.2 Å². The van der Waals surface area contributed by atoms with Gasteiger partial charge in [0.05, 0.1) is 33.3 Å². The van der Waals surface area contributed by atoms with Crippen molar-refractivity contribution < 1.29 is 13.2 Å². The number of thioether (sulfide) groups is 1. The van der Waals surface area contributed by atoms with Crippen LogP contribution in [-0.2, 0) is 14.6 Å². The summed E-state index contributed by atoms with van der Waals surface area (Å²) in [7, 11) is -3.13. The van der Waals surface area contributed by atoms with Gasteiger partial charge < -0.3 is 4.90 Å². The van der Waals surface area contributed by atoms with Crippen LogP contribution in [0.3, 0.4) is 0 Å². The van der Waals surface area contributed by atoms with Gasteiger partial charge in [-0.1, -0.05) is 54.4 Å². The molecule has 0 aliphatic carbocycles. The molecule has 1 amide bonds. The zero-order valence-electron chi connectivity index (χ0n) is 13.6. The quantitative estimate of drug-likeness (QED) is 0.740. The summed E-state index contributed by atoms with van der Waals surface area (Å²) in [5, 5.41) is 1.13. The SMILES string of the molecule is CCCCC(=O)N=C1SC2CS(=O)(=O)CC2N1c1c(Cl)cccc1Cl. The van der Waals surface area contributed by atoms with Crippen LogP contribution < -0.4 is 4.90 Å². The summed E-state index contributed by atoms with van der Waals surface area (Å²) in [6, 6.07) is 4.80. The predicted octanol–water partition coefficient (Wildman–Crippen LogP) is 3.79. The van der Waals surface area contributed by atoms with E-state index < -0.39 is 9.84 Å². The van der Waals surface area contributed by atoms with Crippen molar-refractivity contribution in [1.82, 2.24) is 0 Å². The summed E-state index contributed by atoms with van der Waals surface area (Å²) in [5.74, 6) is -0.127. The summed E-state index contributed by atoms with van der Waals surface area (Å²) >= 11 is 14.0. The summed E-state index contributed by atoms with van der Waals surface area (Å²) in [5.41, 5.74) is 0.518. The first kappa shape index (κ1) is 19.0. The number of carbonyl (C=O) groups excluding carboxylic acids is 1. The van der Waals surface area contributed by atoms with E-state index in [2.05, 4.69) is 4.99 Å². The van der Waals surface area contributed by atoms with E-state index in [0.29, 0.717) is 27.3 Å². The minimum absolute atomic E-state index is 0.00832. The highest BCUT2D eigenvalue weighted by Crippen LogP contribution is 2.45. The maximum atomic E-state index is 12.1. The highest BCUT2D eigenvalue weighted by molar-refractivity contribution is 8.16. The summed E-state index contributed by atoms with van der Waals surface area (Å²) < 4.78 is 24.1. The van der Waals surface area contributed by atoms with Crippen LogP contribution in [0.2, 0.25) is 10.0 Å². The fraction of sp³-hybridized carbons (Fsp3) is 0.500. The maximum absolute atomic E-state index is 12.1. The molecule has 2 saturated heterocycles. The number of hydrogen-bond donors (Lipinski definition) is 0. The average molecular weight is 421 g/mol. The maximum Gasteiger partial charge on any atom is 0.248 e. The largest absolute Gasteiger partial charge is 0.313 e. The molecule has 136 valence electrons. The van der Waals surface area contributed by atoms with Crippen molar-refractivity contribution >= 4 is 61.6 Å². The first-order chi connectivity index (χ1) is 11.8. The van der Waals surface area contributed by atoms with Crippen molar-refractivity contribution in [3.8, 4) is 0 Å². The molecule has 0 N–H and O–H groups in total. The molecule has 2 fully saturated rings. The molecule has 9 heteroatoms. The van der Waals surface area contributed by atoms with E-state index in [4.69, 9.17) is 23.2 Å². The van der Waals surface area contributed by atoms with Crippen LogP contribution in [0.1, 0.15) is 26.2 Å². The summed E-state index contributed by atoms with van der Waals surface area (Å²) in [6.45, 7) is 2.01. The molecule has 2 atom stereocenters. The lowest BCUT2D eigenvalue weighted by atomic mass is 10.2. The van der Waals surface area contributed by atoms with Crippen molar-refractivity contribution in [1.29, 1.82) is 0 Å².